The number of fused-ring (bicyclic) bond motifs is 1. The van der Waals surface area contributed by atoms with Gasteiger partial charge in [-0.3, -0.25) is 0 Å². The van der Waals surface area contributed by atoms with Crippen LogP contribution in [0.4, 0.5) is 8.78 Å². The molecule has 9 heteroatoms. The minimum atomic E-state index is -4.06. The van der Waals surface area contributed by atoms with Crippen molar-refractivity contribution in [1.82, 2.24) is 9.78 Å². The molecule has 4 rings (SSSR count). The molecule has 0 aliphatic carbocycles. The summed E-state index contributed by atoms with van der Waals surface area (Å²) in [6, 6.07) is 6.84. The Morgan fingerprint density at radius 3 is 2.48 bits per heavy atom. The number of hydrogen-bond acceptors (Lipinski definition) is 4. The molecule has 1 aromatic heterocycles. The molecule has 5 nitrogen and oxygen atoms in total. The van der Waals surface area contributed by atoms with Crippen molar-refractivity contribution < 1.29 is 21.9 Å². The van der Waals surface area contributed by atoms with Gasteiger partial charge < -0.3 is 4.74 Å². The number of nitrogens with zero attached hydrogens (tertiary/aromatic N) is 2. The molecule has 0 saturated carbocycles. The van der Waals surface area contributed by atoms with Gasteiger partial charge in [-0.25, -0.2) is 21.9 Å². The first-order valence-corrected chi connectivity index (χ1v) is 10.9. The Hall–Kier alpha value is -1.59. The van der Waals surface area contributed by atoms with Crippen LogP contribution in [0.1, 0.15) is 25.5 Å². The molecule has 1 aliphatic rings. The predicted molar refractivity (Wildman–Crippen MR) is 103 cm³/mol. The van der Waals surface area contributed by atoms with Crippen molar-refractivity contribution in [3.8, 4) is 0 Å². The second-order valence-electron chi connectivity index (χ2n) is 6.34. The molecule has 0 bridgehead atoms. The lowest BCUT2D eigenvalue weighted by Gasteiger charge is -2.23. The molecule has 1 atom stereocenters. The second-order valence-corrected chi connectivity index (χ2v) is 9.32. The van der Waals surface area contributed by atoms with E-state index >= 15 is 0 Å². The van der Waals surface area contributed by atoms with Crippen molar-refractivity contribution in [3.05, 3.63) is 51.7 Å². The zero-order valence-electron chi connectivity index (χ0n) is 14.0. The van der Waals surface area contributed by atoms with Crippen LogP contribution >= 0.6 is 22.6 Å². The lowest BCUT2D eigenvalue weighted by molar-refractivity contribution is -0.0368. The third kappa shape index (κ3) is 3.47. The van der Waals surface area contributed by atoms with Crippen molar-refractivity contribution in [2.75, 3.05) is 6.61 Å². The zero-order valence-corrected chi connectivity index (χ0v) is 17.0. The molecule has 1 saturated heterocycles. The lowest BCUT2D eigenvalue weighted by Crippen LogP contribution is -2.19. The van der Waals surface area contributed by atoms with Gasteiger partial charge in [-0.15, -0.1) is 0 Å². The fourth-order valence-corrected chi connectivity index (χ4v) is 5.20. The summed E-state index contributed by atoms with van der Waals surface area (Å²) in [4.78, 5) is -0.459. The molecule has 2 aromatic carbocycles. The van der Waals surface area contributed by atoms with Gasteiger partial charge in [0.2, 0.25) is 9.84 Å². The number of hydrogen-bond donors (Lipinski definition) is 0. The van der Waals surface area contributed by atoms with Gasteiger partial charge in [0.05, 0.1) is 15.3 Å². The van der Waals surface area contributed by atoms with Crippen LogP contribution in [-0.4, -0.2) is 24.8 Å². The molecule has 3 aromatic rings. The summed E-state index contributed by atoms with van der Waals surface area (Å²) in [6.45, 7) is 0.667. The highest BCUT2D eigenvalue weighted by Gasteiger charge is 2.24. The van der Waals surface area contributed by atoms with Gasteiger partial charge in [-0.05, 0) is 72.2 Å². The Balaban J connectivity index is 1.80. The van der Waals surface area contributed by atoms with E-state index in [1.807, 2.05) is 22.6 Å². The number of halogens is 3. The number of aromatic nitrogens is 2. The van der Waals surface area contributed by atoms with Crippen LogP contribution in [0, 0.1) is 15.3 Å². The largest absolute Gasteiger partial charge is 0.356 e. The van der Waals surface area contributed by atoms with Crippen LogP contribution in [0.2, 0.25) is 0 Å². The van der Waals surface area contributed by atoms with E-state index < -0.39 is 26.4 Å². The molecule has 142 valence electrons. The molecule has 0 amide bonds. The van der Waals surface area contributed by atoms with Gasteiger partial charge in [-0.1, -0.05) is 0 Å². The summed E-state index contributed by atoms with van der Waals surface area (Å²) in [5.74, 6) is -1.88. The quantitative estimate of drug-likeness (QED) is 0.495. The molecule has 1 fully saturated rings. The molecule has 2 heterocycles. The van der Waals surface area contributed by atoms with Crippen molar-refractivity contribution >= 4 is 43.3 Å². The van der Waals surface area contributed by atoms with E-state index in [9.17, 15) is 17.2 Å². The Morgan fingerprint density at radius 1 is 1.07 bits per heavy atom. The van der Waals surface area contributed by atoms with Crippen LogP contribution in [0.15, 0.2) is 46.2 Å². The van der Waals surface area contributed by atoms with Gasteiger partial charge in [-0.2, -0.15) is 5.10 Å². The van der Waals surface area contributed by atoms with E-state index in [1.165, 1.54) is 12.1 Å². The lowest BCUT2D eigenvalue weighted by atomic mass is 10.2. The maximum absolute atomic E-state index is 13.5. The second kappa shape index (κ2) is 7.10. The zero-order chi connectivity index (χ0) is 19.2. The van der Waals surface area contributed by atoms with Crippen LogP contribution < -0.4 is 0 Å². The van der Waals surface area contributed by atoms with Gasteiger partial charge in [0.25, 0.3) is 0 Å². The van der Waals surface area contributed by atoms with E-state index in [0.717, 1.165) is 36.9 Å². The number of ether oxygens (including phenoxy) is 1. The molecule has 27 heavy (non-hydrogen) atoms. The highest BCUT2D eigenvalue weighted by atomic mass is 127. The minimum absolute atomic E-state index is 0.0398. The van der Waals surface area contributed by atoms with E-state index in [-0.39, 0.29) is 11.1 Å². The van der Waals surface area contributed by atoms with Gasteiger partial charge in [0, 0.05) is 18.1 Å². The fraction of sp³-hybridized carbons (Fsp3) is 0.278. The average molecular weight is 504 g/mol. The van der Waals surface area contributed by atoms with Crippen molar-refractivity contribution in [1.29, 1.82) is 0 Å². The van der Waals surface area contributed by atoms with Crippen molar-refractivity contribution in [3.63, 3.8) is 0 Å². The fourth-order valence-electron chi connectivity index (χ4n) is 3.21. The summed E-state index contributed by atoms with van der Waals surface area (Å²) in [5.41, 5.74) is 0.760. The monoisotopic (exact) mass is 504 g/mol. The molecule has 0 N–H and O–H groups in total. The maximum atomic E-state index is 13.5. The van der Waals surface area contributed by atoms with Crippen molar-refractivity contribution in [2.45, 2.75) is 35.3 Å². The highest BCUT2D eigenvalue weighted by molar-refractivity contribution is 14.1. The summed E-state index contributed by atoms with van der Waals surface area (Å²) < 4.78 is 60.7. The average Bonchev–Trinajstić information content (AvgIpc) is 2.98. The van der Waals surface area contributed by atoms with E-state index in [4.69, 9.17) is 4.74 Å². The molecular formula is C18H15F2IN2O3S. The number of rotatable bonds is 3. The van der Waals surface area contributed by atoms with E-state index in [1.54, 1.807) is 10.7 Å². The molecule has 1 aliphatic heterocycles. The summed E-state index contributed by atoms with van der Waals surface area (Å²) in [7, 11) is -4.06. The van der Waals surface area contributed by atoms with Gasteiger partial charge in [0.1, 0.15) is 15.3 Å². The Bertz CT molecular complexity index is 1100. The molecular weight excluding hydrogens is 489 g/mol. The summed E-state index contributed by atoms with van der Waals surface area (Å²) in [5, 5.41) is 5.16. The Labute approximate surface area is 168 Å². The molecule has 1 unspecified atom stereocenters. The van der Waals surface area contributed by atoms with E-state index in [2.05, 4.69) is 5.10 Å². The first-order valence-electron chi connectivity index (χ1n) is 8.37. The third-order valence-electron chi connectivity index (χ3n) is 4.52. The third-order valence-corrected chi connectivity index (χ3v) is 7.05. The smallest absolute Gasteiger partial charge is 0.206 e. The van der Waals surface area contributed by atoms with Crippen molar-refractivity contribution in [2.24, 2.45) is 0 Å². The molecule has 0 radical (unpaired) electrons. The maximum Gasteiger partial charge on any atom is 0.206 e. The number of sulfone groups is 1. The van der Waals surface area contributed by atoms with Crippen LogP contribution in [0.25, 0.3) is 10.9 Å². The SMILES string of the molecule is O=S(=O)(c1cc(F)cc(F)c1)c1ccc2c(c1)c(I)nn2C1CCCCO1. The predicted octanol–water partition coefficient (Wildman–Crippen LogP) is 4.45. The molecule has 0 spiro atoms. The van der Waals surface area contributed by atoms with E-state index in [0.29, 0.717) is 21.8 Å². The minimum Gasteiger partial charge on any atom is -0.356 e. The number of benzene rings is 2. The van der Waals surface area contributed by atoms with Crippen LogP contribution in [0.5, 0.6) is 0 Å². The summed E-state index contributed by atoms with van der Waals surface area (Å²) in [6.07, 6.45) is 2.72. The highest BCUT2D eigenvalue weighted by Crippen LogP contribution is 2.32. The Kier molecular flexibility index (Phi) is 4.93. The van der Waals surface area contributed by atoms with Crippen LogP contribution in [-0.2, 0) is 14.6 Å². The first-order chi connectivity index (χ1) is 12.9. The van der Waals surface area contributed by atoms with Gasteiger partial charge >= 0.3 is 0 Å². The topological polar surface area (TPSA) is 61.2 Å². The summed E-state index contributed by atoms with van der Waals surface area (Å²) >= 11 is 2.04. The Morgan fingerprint density at radius 2 is 1.81 bits per heavy atom. The first kappa shape index (κ1) is 18.8. The normalized spacial score (nSPS) is 18.1. The standard InChI is InChI=1S/C18H15F2IN2O3S/c19-11-7-12(20)9-14(8-11)27(24,25)13-4-5-16-15(10-13)18(21)22-23(16)17-3-1-2-6-26-17/h4-5,7-10,17H,1-3,6H2. The van der Waals surface area contributed by atoms with Gasteiger partial charge in [0.15, 0.2) is 6.23 Å². The van der Waals surface area contributed by atoms with Crippen LogP contribution in [0.3, 0.4) is 0 Å².